The van der Waals surface area contributed by atoms with Crippen molar-refractivity contribution in [3.63, 3.8) is 0 Å². The predicted molar refractivity (Wildman–Crippen MR) is 89.3 cm³/mol. The molecule has 0 atom stereocenters. The highest BCUT2D eigenvalue weighted by Crippen LogP contribution is 2.31. The molecule has 1 aromatic rings. The second kappa shape index (κ2) is 7.25. The number of nitrogens with zero attached hydrogens (tertiary/aromatic N) is 2. The van der Waals surface area contributed by atoms with Gasteiger partial charge in [-0.25, -0.2) is 4.98 Å². The van der Waals surface area contributed by atoms with Crippen molar-refractivity contribution in [2.75, 3.05) is 11.4 Å². The van der Waals surface area contributed by atoms with Gasteiger partial charge in [0.25, 0.3) is 0 Å². The Morgan fingerprint density at radius 1 is 1.38 bits per heavy atom. The fourth-order valence-electron chi connectivity index (χ4n) is 2.30. The van der Waals surface area contributed by atoms with Gasteiger partial charge in [-0.05, 0) is 32.6 Å². The van der Waals surface area contributed by atoms with Gasteiger partial charge in [0.05, 0.1) is 5.69 Å². The van der Waals surface area contributed by atoms with Crippen LogP contribution in [0.4, 0.5) is 5.13 Å². The minimum atomic E-state index is -0.938. The van der Waals surface area contributed by atoms with Crippen LogP contribution in [0.3, 0.4) is 0 Å². The van der Waals surface area contributed by atoms with Crippen molar-refractivity contribution in [1.82, 2.24) is 4.98 Å². The van der Waals surface area contributed by atoms with Gasteiger partial charge < -0.3 is 10.0 Å². The average Bonchev–Trinajstić information content (AvgIpc) is 2.88. The van der Waals surface area contributed by atoms with Crippen molar-refractivity contribution in [2.24, 2.45) is 5.92 Å². The summed E-state index contributed by atoms with van der Waals surface area (Å²) in [6, 6.07) is 0.458. The topological polar surface area (TPSA) is 53.4 Å². The van der Waals surface area contributed by atoms with E-state index >= 15 is 0 Å². The standard InChI is InChI=1S/C16H28N2O2S/c1-7-12(8-2)18(9-11(3)4)15-17-13(10-21-15)16(5,6)14(19)20/h10-12H,7-9H2,1-6H3,(H,19,20). The molecule has 1 rings (SSSR count). The van der Waals surface area contributed by atoms with Crippen LogP contribution in [-0.4, -0.2) is 28.6 Å². The first-order chi connectivity index (χ1) is 9.73. The Morgan fingerprint density at radius 2 is 1.95 bits per heavy atom. The van der Waals surface area contributed by atoms with E-state index in [1.165, 1.54) is 0 Å². The zero-order chi connectivity index (χ0) is 16.2. The van der Waals surface area contributed by atoms with Crippen LogP contribution in [0.5, 0.6) is 0 Å². The summed E-state index contributed by atoms with van der Waals surface area (Å²) in [4.78, 5) is 18.4. The minimum absolute atomic E-state index is 0.458. The maximum absolute atomic E-state index is 11.4. The number of hydrogen-bond donors (Lipinski definition) is 1. The van der Waals surface area contributed by atoms with E-state index in [0.717, 1.165) is 24.5 Å². The third kappa shape index (κ3) is 4.19. The van der Waals surface area contributed by atoms with Gasteiger partial charge in [-0.2, -0.15) is 0 Å². The molecular weight excluding hydrogens is 284 g/mol. The largest absolute Gasteiger partial charge is 0.481 e. The van der Waals surface area contributed by atoms with Crippen LogP contribution >= 0.6 is 11.3 Å². The predicted octanol–water partition coefficient (Wildman–Crippen LogP) is 4.16. The van der Waals surface area contributed by atoms with E-state index in [4.69, 9.17) is 0 Å². The first kappa shape index (κ1) is 18.0. The smallest absolute Gasteiger partial charge is 0.315 e. The van der Waals surface area contributed by atoms with Gasteiger partial charge in [-0.3, -0.25) is 4.79 Å². The highest BCUT2D eigenvalue weighted by atomic mass is 32.1. The molecule has 5 heteroatoms. The number of thiazole rings is 1. The number of anilines is 1. The van der Waals surface area contributed by atoms with Crippen molar-refractivity contribution in [3.8, 4) is 0 Å². The summed E-state index contributed by atoms with van der Waals surface area (Å²) in [7, 11) is 0. The van der Waals surface area contributed by atoms with Crippen LogP contribution in [0.1, 0.15) is 60.1 Å². The molecule has 21 heavy (non-hydrogen) atoms. The summed E-state index contributed by atoms with van der Waals surface area (Å²) in [5.41, 5.74) is -0.290. The first-order valence-electron chi connectivity index (χ1n) is 7.70. The van der Waals surface area contributed by atoms with Crippen molar-refractivity contribution in [1.29, 1.82) is 0 Å². The number of hydrogen-bond acceptors (Lipinski definition) is 4. The number of carbonyl (C=O) groups is 1. The molecule has 1 aromatic heterocycles. The lowest BCUT2D eigenvalue weighted by Gasteiger charge is -2.31. The third-order valence-electron chi connectivity index (χ3n) is 3.86. The quantitative estimate of drug-likeness (QED) is 0.783. The summed E-state index contributed by atoms with van der Waals surface area (Å²) >= 11 is 1.55. The molecule has 0 saturated carbocycles. The van der Waals surface area contributed by atoms with Crippen LogP contribution in [-0.2, 0) is 10.2 Å². The van der Waals surface area contributed by atoms with Gasteiger partial charge in [-0.15, -0.1) is 11.3 Å². The average molecular weight is 312 g/mol. The molecule has 0 aliphatic heterocycles. The number of rotatable bonds is 8. The molecule has 1 N–H and O–H groups in total. The van der Waals surface area contributed by atoms with Gasteiger partial charge >= 0.3 is 5.97 Å². The molecule has 1 heterocycles. The Balaban J connectivity index is 3.10. The SMILES string of the molecule is CCC(CC)N(CC(C)C)c1nc(C(C)(C)C(=O)O)cs1. The van der Waals surface area contributed by atoms with Gasteiger partial charge in [0.2, 0.25) is 0 Å². The zero-order valence-electron chi connectivity index (χ0n) is 14.0. The molecular formula is C16H28N2O2S. The Morgan fingerprint density at radius 3 is 2.38 bits per heavy atom. The minimum Gasteiger partial charge on any atom is -0.481 e. The molecule has 0 radical (unpaired) electrons. The van der Waals surface area contributed by atoms with E-state index in [1.807, 2.05) is 5.38 Å². The first-order valence-corrected chi connectivity index (χ1v) is 8.57. The highest BCUT2D eigenvalue weighted by Gasteiger charge is 2.33. The number of carboxylic acid groups (broad SMARTS) is 1. The van der Waals surface area contributed by atoms with Crippen LogP contribution in [0.15, 0.2) is 5.38 Å². The molecule has 4 nitrogen and oxygen atoms in total. The fraction of sp³-hybridized carbons (Fsp3) is 0.750. The molecule has 0 aromatic carbocycles. The van der Waals surface area contributed by atoms with Crippen molar-refractivity contribution in [2.45, 2.75) is 65.8 Å². The van der Waals surface area contributed by atoms with Gasteiger partial charge in [0.1, 0.15) is 5.41 Å². The van der Waals surface area contributed by atoms with Crippen molar-refractivity contribution >= 4 is 22.4 Å². The molecule has 0 spiro atoms. The summed E-state index contributed by atoms with van der Waals surface area (Å²) in [6.07, 6.45) is 2.14. The third-order valence-corrected chi connectivity index (χ3v) is 4.74. The molecule has 0 aliphatic rings. The summed E-state index contributed by atoms with van der Waals surface area (Å²) in [5, 5.41) is 12.2. The lowest BCUT2D eigenvalue weighted by Crippen LogP contribution is -2.37. The van der Waals surface area contributed by atoms with Crippen molar-refractivity contribution < 1.29 is 9.90 Å². The van der Waals surface area contributed by atoms with E-state index < -0.39 is 11.4 Å². The molecule has 0 fully saturated rings. The Kier molecular flexibility index (Phi) is 6.20. The highest BCUT2D eigenvalue weighted by molar-refractivity contribution is 7.13. The van der Waals surface area contributed by atoms with E-state index in [-0.39, 0.29) is 0 Å². The lowest BCUT2D eigenvalue weighted by atomic mass is 9.90. The fourth-order valence-corrected chi connectivity index (χ4v) is 3.37. The van der Waals surface area contributed by atoms with Crippen molar-refractivity contribution in [3.05, 3.63) is 11.1 Å². The summed E-state index contributed by atoms with van der Waals surface area (Å²) in [5.74, 6) is -0.289. The maximum Gasteiger partial charge on any atom is 0.315 e. The number of aliphatic carboxylic acids is 1. The molecule has 0 unspecified atom stereocenters. The molecule has 0 saturated heterocycles. The van der Waals surface area contributed by atoms with Gasteiger partial charge in [-0.1, -0.05) is 27.7 Å². The molecule has 120 valence electrons. The van der Waals surface area contributed by atoms with E-state index in [1.54, 1.807) is 25.2 Å². The Labute approximate surface area is 132 Å². The van der Waals surface area contributed by atoms with E-state index in [9.17, 15) is 9.90 Å². The molecule has 0 amide bonds. The maximum atomic E-state index is 11.4. The molecule has 0 aliphatic carbocycles. The van der Waals surface area contributed by atoms with Crippen LogP contribution in [0.2, 0.25) is 0 Å². The molecule has 0 bridgehead atoms. The monoisotopic (exact) mass is 312 g/mol. The van der Waals surface area contributed by atoms with E-state index in [0.29, 0.717) is 17.7 Å². The normalized spacial score (nSPS) is 12.2. The zero-order valence-corrected chi connectivity index (χ0v) is 14.8. The van der Waals surface area contributed by atoms with Crippen LogP contribution < -0.4 is 4.90 Å². The summed E-state index contributed by atoms with van der Waals surface area (Å²) < 4.78 is 0. The second-order valence-electron chi connectivity index (χ2n) is 6.46. The Hall–Kier alpha value is -1.10. The summed E-state index contributed by atoms with van der Waals surface area (Å²) in [6.45, 7) is 13.1. The second-order valence-corrected chi connectivity index (χ2v) is 7.30. The van der Waals surface area contributed by atoms with Crippen LogP contribution in [0, 0.1) is 5.92 Å². The Bertz CT molecular complexity index is 465. The lowest BCUT2D eigenvalue weighted by molar-refractivity contribution is -0.142. The number of aromatic nitrogens is 1. The van der Waals surface area contributed by atoms with Crippen LogP contribution in [0.25, 0.3) is 0 Å². The number of carboxylic acids is 1. The van der Waals surface area contributed by atoms with Gasteiger partial charge in [0, 0.05) is 18.0 Å². The van der Waals surface area contributed by atoms with E-state index in [2.05, 4.69) is 37.6 Å². The van der Waals surface area contributed by atoms with Gasteiger partial charge in [0.15, 0.2) is 5.13 Å².